The van der Waals surface area contributed by atoms with Gasteiger partial charge in [0.2, 0.25) is 0 Å². The zero-order valence-electron chi connectivity index (χ0n) is 23.6. The van der Waals surface area contributed by atoms with Crippen LogP contribution in [0.3, 0.4) is 0 Å². The molecule has 0 unspecified atom stereocenters. The summed E-state index contributed by atoms with van der Waals surface area (Å²) >= 11 is 1.71. The highest BCUT2D eigenvalue weighted by Gasteiger charge is 2.12. The normalized spacial score (nSPS) is 11.0. The van der Waals surface area contributed by atoms with E-state index in [-0.39, 0.29) is 0 Å². The van der Waals surface area contributed by atoms with Crippen molar-refractivity contribution < 1.29 is 0 Å². The number of hydrogen-bond acceptors (Lipinski definition) is 3. The number of rotatable bonds is 6. The topological polar surface area (TPSA) is 52.0 Å². The van der Waals surface area contributed by atoms with E-state index in [9.17, 15) is 0 Å². The summed E-state index contributed by atoms with van der Waals surface area (Å²) in [4.78, 5) is 2.25. The van der Waals surface area contributed by atoms with Gasteiger partial charge in [-0.3, -0.25) is 0 Å². The van der Waals surface area contributed by atoms with Crippen LogP contribution in [0.4, 0.5) is 11.4 Å². The molecule has 0 aliphatic heterocycles. The van der Waals surface area contributed by atoms with Gasteiger partial charge in [0.15, 0.2) is 0 Å². The fourth-order valence-corrected chi connectivity index (χ4v) is 6.63. The van der Waals surface area contributed by atoms with E-state index in [0.717, 1.165) is 54.5 Å². The molecule has 3 heteroatoms. The Morgan fingerprint density at radius 3 is 0.953 bits per heavy atom. The maximum absolute atomic E-state index is 6.60. The van der Waals surface area contributed by atoms with Gasteiger partial charge in [0.1, 0.15) is 0 Å². The molecule has 1 heterocycles. The van der Waals surface area contributed by atoms with Gasteiger partial charge in [-0.2, -0.15) is 0 Å². The molecule has 0 saturated heterocycles. The first kappa shape index (κ1) is 26.5. The highest BCUT2D eigenvalue weighted by Crippen LogP contribution is 2.41. The lowest BCUT2D eigenvalue weighted by molar-refractivity contribution is 1.58. The minimum absolute atomic E-state index is 0.764. The van der Waals surface area contributed by atoms with Gasteiger partial charge < -0.3 is 11.5 Å². The minimum Gasteiger partial charge on any atom is -0.398 e. The molecule has 1 aromatic heterocycles. The summed E-state index contributed by atoms with van der Waals surface area (Å²) in [6.45, 7) is 0. The van der Waals surface area contributed by atoms with Crippen LogP contribution in [0.25, 0.3) is 65.4 Å². The van der Waals surface area contributed by atoms with Gasteiger partial charge in [0.05, 0.1) is 0 Å². The third kappa shape index (κ3) is 5.46. The Kier molecular flexibility index (Phi) is 7.08. The summed E-state index contributed by atoms with van der Waals surface area (Å²) in [5.74, 6) is 0. The highest BCUT2D eigenvalue weighted by molar-refractivity contribution is 7.19. The van der Waals surface area contributed by atoms with Crippen LogP contribution in [-0.4, -0.2) is 0 Å². The maximum atomic E-state index is 6.60. The fourth-order valence-electron chi connectivity index (χ4n) is 5.53. The van der Waals surface area contributed by atoms with E-state index in [1.807, 2.05) is 12.1 Å². The van der Waals surface area contributed by atoms with E-state index < -0.39 is 0 Å². The van der Waals surface area contributed by atoms with Crippen LogP contribution in [0.5, 0.6) is 0 Å². The molecule has 0 spiro atoms. The van der Waals surface area contributed by atoms with E-state index in [4.69, 9.17) is 11.5 Å². The molecule has 0 aliphatic rings. The first-order valence-corrected chi connectivity index (χ1v) is 15.2. The SMILES string of the molecule is Nc1cc(-c2ccc(-c3ccccc3)cc2)ccc1-c1ccc(-c2ccc(-c3ccc(-c4ccccc4)cc3)cc2N)s1. The van der Waals surface area contributed by atoms with Crippen molar-refractivity contribution in [2.24, 2.45) is 0 Å². The summed E-state index contributed by atoms with van der Waals surface area (Å²) < 4.78 is 0. The number of benzene rings is 6. The van der Waals surface area contributed by atoms with E-state index in [0.29, 0.717) is 0 Å². The molecule has 4 N–H and O–H groups in total. The second-order valence-corrected chi connectivity index (χ2v) is 11.7. The van der Waals surface area contributed by atoms with Crippen LogP contribution in [0.2, 0.25) is 0 Å². The van der Waals surface area contributed by atoms with Gasteiger partial charge in [-0.05, 0) is 68.8 Å². The largest absolute Gasteiger partial charge is 0.398 e. The van der Waals surface area contributed by atoms with Gasteiger partial charge >= 0.3 is 0 Å². The molecule has 7 rings (SSSR count). The monoisotopic (exact) mass is 570 g/mol. The molecule has 0 amide bonds. The lowest BCUT2D eigenvalue weighted by Gasteiger charge is -2.10. The molecule has 43 heavy (non-hydrogen) atoms. The first-order valence-electron chi connectivity index (χ1n) is 14.3. The zero-order chi connectivity index (χ0) is 29.2. The van der Waals surface area contributed by atoms with Crippen LogP contribution in [0.15, 0.2) is 158 Å². The molecular weight excluding hydrogens is 541 g/mol. The van der Waals surface area contributed by atoms with Crippen LogP contribution < -0.4 is 11.5 Å². The third-order valence-corrected chi connectivity index (χ3v) is 9.04. The number of hydrogen-bond donors (Lipinski definition) is 2. The van der Waals surface area contributed by atoms with Gasteiger partial charge in [-0.15, -0.1) is 11.3 Å². The van der Waals surface area contributed by atoms with Gasteiger partial charge in [-0.25, -0.2) is 0 Å². The number of anilines is 2. The molecule has 0 radical (unpaired) electrons. The Bertz CT molecular complexity index is 1860. The molecule has 0 aliphatic carbocycles. The van der Waals surface area contributed by atoms with Crippen molar-refractivity contribution in [3.05, 3.63) is 158 Å². The average molecular weight is 571 g/mol. The lowest BCUT2D eigenvalue weighted by atomic mass is 9.98. The van der Waals surface area contributed by atoms with Crippen LogP contribution >= 0.6 is 11.3 Å². The first-order chi connectivity index (χ1) is 21.1. The molecule has 0 saturated carbocycles. The summed E-state index contributed by atoms with van der Waals surface area (Å²) in [5, 5.41) is 0. The van der Waals surface area contributed by atoms with E-state index in [1.54, 1.807) is 11.3 Å². The Hall–Kier alpha value is -5.38. The average Bonchev–Trinajstić information content (AvgIpc) is 3.55. The molecular formula is C40H30N2S. The van der Waals surface area contributed by atoms with Gasteiger partial charge in [0.25, 0.3) is 0 Å². The van der Waals surface area contributed by atoms with Crippen molar-refractivity contribution in [1.29, 1.82) is 0 Å². The zero-order valence-corrected chi connectivity index (χ0v) is 24.4. The van der Waals surface area contributed by atoms with Crippen LogP contribution in [0, 0.1) is 0 Å². The Labute approximate surface area is 256 Å². The van der Waals surface area contributed by atoms with Crippen molar-refractivity contribution >= 4 is 22.7 Å². The second-order valence-electron chi connectivity index (χ2n) is 10.7. The number of nitrogen functional groups attached to an aromatic ring is 2. The number of thiophene rings is 1. The lowest BCUT2D eigenvalue weighted by Crippen LogP contribution is -1.90. The molecule has 6 aromatic carbocycles. The van der Waals surface area contributed by atoms with Crippen molar-refractivity contribution in [3.8, 4) is 65.4 Å². The molecule has 206 valence electrons. The Morgan fingerprint density at radius 2 is 0.605 bits per heavy atom. The van der Waals surface area contributed by atoms with E-state index in [1.165, 1.54) is 22.3 Å². The van der Waals surface area contributed by atoms with Crippen molar-refractivity contribution in [2.75, 3.05) is 11.5 Å². The van der Waals surface area contributed by atoms with Crippen LogP contribution in [0.1, 0.15) is 0 Å². The minimum atomic E-state index is 0.764. The predicted octanol–water partition coefficient (Wildman–Crippen LogP) is 10.9. The Balaban J connectivity index is 1.10. The van der Waals surface area contributed by atoms with E-state index >= 15 is 0 Å². The van der Waals surface area contributed by atoms with Gasteiger partial charge in [0, 0.05) is 32.3 Å². The van der Waals surface area contributed by atoms with Gasteiger partial charge in [-0.1, -0.05) is 133 Å². The molecule has 0 fully saturated rings. The molecule has 0 atom stereocenters. The number of nitrogens with two attached hydrogens (primary N) is 2. The summed E-state index contributed by atoms with van der Waals surface area (Å²) in [6.07, 6.45) is 0. The van der Waals surface area contributed by atoms with Crippen LogP contribution in [-0.2, 0) is 0 Å². The third-order valence-electron chi connectivity index (χ3n) is 7.89. The van der Waals surface area contributed by atoms with Crippen molar-refractivity contribution in [3.63, 3.8) is 0 Å². The highest BCUT2D eigenvalue weighted by atomic mass is 32.1. The summed E-state index contributed by atoms with van der Waals surface area (Å²) in [5.41, 5.74) is 26.1. The van der Waals surface area contributed by atoms with E-state index in [2.05, 4.69) is 146 Å². The smallest absolute Gasteiger partial charge is 0.0408 e. The van der Waals surface area contributed by atoms with Crippen molar-refractivity contribution in [1.82, 2.24) is 0 Å². The second kappa shape index (κ2) is 11.5. The summed E-state index contributed by atoms with van der Waals surface area (Å²) in [7, 11) is 0. The fraction of sp³-hybridized carbons (Fsp3) is 0. The molecule has 2 nitrogen and oxygen atoms in total. The van der Waals surface area contributed by atoms with Crippen molar-refractivity contribution in [2.45, 2.75) is 0 Å². The quantitative estimate of drug-likeness (QED) is 0.195. The Morgan fingerprint density at radius 1 is 0.302 bits per heavy atom. The maximum Gasteiger partial charge on any atom is 0.0408 e. The standard InChI is InChI=1S/C40H30N2S/c41-37-25-33(31-15-11-29(12-16-31)27-7-3-1-4-8-27)19-21-35(37)39-23-24-40(43-39)36-22-20-34(26-38(36)42)32-17-13-30(14-18-32)28-9-5-2-6-10-28/h1-26H,41-42H2. The molecule has 7 aromatic rings. The predicted molar refractivity (Wildman–Crippen MR) is 186 cm³/mol. The molecule has 0 bridgehead atoms. The summed E-state index contributed by atoms with van der Waals surface area (Å²) in [6, 6.07) is 55.1.